The van der Waals surface area contributed by atoms with Crippen LogP contribution in [0.2, 0.25) is 5.02 Å². The van der Waals surface area contributed by atoms with E-state index in [0.717, 1.165) is 23.9 Å². The number of nitrogens with zero attached hydrogens (tertiary/aromatic N) is 3. The molecule has 148 valence electrons. The number of oxazole rings is 1. The van der Waals surface area contributed by atoms with Crippen molar-refractivity contribution in [1.29, 1.82) is 0 Å². The second-order valence-corrected chi connectivity index (χ2v) is 7.80. The molecule has 29 heavy (non-hydrogen) atoms. The summed E-state index contributed by atoms with van der Waals surface area (Å²) >= 11 is 6.11. The van der Waals surface area contributed by atoms with E-state index in [9.17, 15) is 9.59 Å². The van der Waals surface area contributed by atoms with Crippen molar-refractivity contribution in [3.8, 4) is 0 Å². The zero-order chi connectivity index (χ0) is 20.0. The van der Waals surface area contributed by atoms with Gasteiger partial charge in [-0.2, -0.15) is 0 Å². The molecule has 2 aromatic carbocycles. The van der Waals surface area contributed by atoms with Gasteiger partial charge in [0.1, 0.15) is 5.82 Å². The molecular formula is C21H19ClN4O3. The van der Waals surface area contributed by atoms with Gasteiger partial charge in [0.05, 0.1) is 29.0 Å². The molecule has 0 spiro atoms. The molecule has 1 unspecified atom stereocenters. The van der Waals surface area contributed by atoms with Crippen molar-refractivity contribution in [3.05, 3.63) is 63.9 Å². The van der Waals surface area contributed by atoms with Crippen LogP contribution in [0.15, 0.2) is 51.7 Å². The summed E-state index contributed by atoms with van der Waals surface area (Å²) in [7, 11) is 0. The number of likely N-dealkylation sites (tertiary alicyclic amines) is 1. The van der Waals surface area contributed by atoms with Crippen molar-refractivity contribution in [2.45, 2.75) is 25.3 Å². The highest BCUT2D eigenvalue weighted by Crippen LogP contribution is 2.27. The molecule has 0 aliphatic carbocycles. The fourth-order valence-corrected chi connectivity index (χ4v) is 4.26. The molecule has 1 aliphatic rings. The van der Waals surface area contributed by atoms with E-state index < -0.39 is 5.76 Å². The van der Waals surface area contributed by atoms with Crippen molar-refractivity contribution < 1.29 is 9.21 Å². The van der Waals surface area contributed by atoms with Gasteiger partial charge in [-0.05, 0) is 43.2 Å². The number of halogens is 1. The van der Waals surface area contributed by atoms with Crippen LogP contribution in [-0.2, 0) is 11.2 Å². The van der Waals surface area contributed by atoms with Crippen LogP contribution in [0, 0.1) is 0 Å². The number of nitrogens with one attached hydrogen (secondary N) is 1. The zero-order valence-corrected chi connectivity index (χ0v) is 16.4. The second kappa shape index (κ2) is 7.08. The van der Waals surface area contributed by atoms with E-state index in [1.165, 1.54) is 0 Å². The Morgan fingerprint density at radius 3 is 3.00 bits per heavy atom. The first kappa shape index (κ1) is 18.0. The molecule has 1 saturated heterocycles. The first-order valence-corrected chi connectivity index (χ1v) is 9.98. The van der Waals surface area contributed by atoms with Gasteiger partial charge in [0, 0.05) is 18.1 Å². The van der Waals surface area contributed by atoms with Crippen molar-refractivity contribution in [2.75, 3.05) is 13.1 Å². The molecule has 2 aromatic heterocycles. The Labute approximate surface area is 170 Å². The maximum absolute atomic E-state index is 12.9. The highest BCUT2D eigenvalue weighted by Gasteiger charge is 2.28. The van der Waals surface area contributed by atoms with Crippen LogP contribution in [0.1, 0.15) is 24.7 Å². The summed E-state index contributed by atoms with van der Waals surface area (Å²) in [5.74, 6) is 0.225. The molecule has 8 heteroatoms. The number of imidazole rings is 1. The zero-order valence-electron chi connectivity index (χ0n) is 15.6. The number of rotatable bonds is 3. The molecule has 1 fully saturated rings. The lowest BCUT2D eigenvalue weighted by molar-refractivity contribution is -0.132. The summed E-state index contributed by atoms with van der Waals surface area (Å²) in [4.78, 5) is 34.8. The average Bonchev–Trinajstić information content (AvgIpc) is 3.27. The smallest absolute Gasteiger partial charge is 0.408 e. The Kier molecular flexibility index (Phi) is 4.39. The maximum Gasteiger partial charge on any atom is 0.420 e. The van der Waals surface area contributed by atoms with Gasteiger partial charge in [0.25, 0.3) is 0 Å². The predicted molar refractivity (Wildman–Crippen MR) is 110 cm³/mol. The highest BCUT2D eigenvalue weighted by atomic mass is 35.5. The number of benzene rings is 2. The molecule has 0 saturated carbocycles. The van der Waals surface area contributed by atoms with Crippen LogP contribution in [0.4, 0.5) is 0 Å². The lowest BCUT2D eigenvalue weighted by Crippen LogP contribution is -2.43. The Balaban J connectivity index is 1.38. The van der Waals surface area contributed by atoms with E-state index >= 15 is 0 Å². The van der Waals surface area contributed by atoms with Crippen molar-refractivity contribution in [3.63, 3.8) is 0 Å². The van der Waals surface area contributed by atoms with Crippen LogP contribution < -0.4 is 5.76 Å². The quantitative estimate of drug-likeness (QED) is 0.560. The van der Waals surface area contributed by atoms with Gasteiger partial charge in [0.15, 0.2) is 5.58 Å². The maximum atomic E-state index is 12.9. The SMILES string of the molecule is O=C(Cc1nc2ccccc2[nH]1)N1CCCC(n2c(=O)oc3ccc(Cl)cc32)C1. The van der Waals surface area contributed by atoms with Gasteiger partial charge in [-0.3, -0.25) is 9.36 Å². The van der Waals surface area contributed by atoms with Crippen LogP contribution in [0.3, 0.4) is 0 Å². The third-order valence-electron chi connectivity index (χ3n) is 5.45. The molecule has 7 nitrogen and oxygen atoms in total. The van der Waals surface area contributed by atoms with Gasteiger partial charge < -0.3 is 14.3 Å². The minimum absolute atomic E-state index is 0.00682. The number of amides is 1. The molecule has 4 aromatic rings. The molecular weight excluding hydrogens is 392 g/mol. The van der Waals surface area contributed by atoms with E-state index in [2.05, 4.69) is 9.97 Å². The van der Waals surface area contributed by atoms with Crippen molar-refractivity contribution in [1.82, 2.24) is 19.4 Å². The molecule has 1 amide bonds. The number of aromatic nitrogens is 3. The minimum Gasteiger partial charge on any atom is -0.408 e. The molecule has 3 heterocycles. The average molecular weight is 411 g/mol. The number of H-pyrrole nitrogens is 1. The normalized spacial score (nSPS) is 17.3. The molecule has 0 radical (unpaired) electrons. The summed E-state index contributed by atoms with van der Waals surface area (Å²) in [6, 6.07) is 12.7. The fourth-order valence-electron chi connectivity index (χ4n) is 4.09. The summed E-state index contributed by atoms with van der Waals surface area (Å²) < 4.78 is 6.99. The standard InChI is InChI=1S/C21H19ClN4O3/c22-13-7-8-18-17(10-13)26(21(28)29-18)14-4-3-9-25(12-14)20(27)11-19-23-15-5-1-2-6-16(15)24-19/h1-2,5-8,10,14H,3-4,9,11-12H2,(H,23,24). The van der Waals surface area contributed by atoms with Gasteiger partial charge >= 0.3 is 5.76 Å². The number of para-hydroxylation sites is 2. The van der Waals surface area contributed by atoms with E-state index in [0.29, 0.717) is 35.0 Å². The number of fused-ring (bicyclic) bond motifs is 2. The van der Waals surface area contributed by atoms with E-state index in [1.54, 1.807) is 27.7 Å². The third kappa shape index (κ3) is 3.31. The first-order chi connectivity index (χ1) is 14.1. The van der Waals surface area contributed by atoms with Crippen LogP contribution >= 0.6 is 11.6 Å². The Bertz CT molecular complexity index is 1240. The monoisotopic (exact) mass is 410 g/mol. The summed E-state index contributed by atoms with van der Waals surface area (Å²) in [5, 5.41) is 0.542. The summed E-state index contributed by atoms with van der Waals surface area (Å²) in [5.41, 5.74) is 2.93. The largest absolute Gasteiger partial charge is 0.420 e. The number of carbonyl (C=O) groups is 1. The number of aromatic amines is 1. The number of carbonyl (C=O) groups excluding carboxylic acids is 1. The summed E-state index contributed by atoms with van der Waals surface area (Å²) in [6.07, 6.45) is 1.82. The van der Waals surface area contributed by atoms with Gasteiger partial charge in [0.2, 0.25) is 5.91 Å². The van der Waals surface area contributed by atoms with Crippen molar-refractivity contribution >= 4 is 39.6 Å². The Hall–Kier alpha value is -3.06. The van der Waals surface area contributed by atoms with Crippen LogP contribution in [0.5, 0.6) is 0 Å². The minimum atomic E-state index is -0.418. The highest BCUT2D eigenvalue weighted by molar-refractivity contribution is 6.31. The molecule has 1 N–H and O–H groups in total. The predicted octanol–water partition coefficient (Wildman–Crippen LogP) is 3.53. The number of hydrogen-bond donors (Lipinski definition) is 1. The van der Waals surface area contributed by atoms with Gasteiger partial charge in [-0.1, -0.05) is 23.7 Å². The number of hydrogen-bond acceptors (Lipinski definition) is 4. The molecule has 1 aliphatic heterocycles. The molecule has 1 atom stereocenters. The van der Waals surface area contributed by atoms with E-state index in [1.807, 2.05) is 24.3 Å². The van der Waals surface area contributed by atoms with Crippen LogP contribution in [0.25, 0.3) is 22.1 Å². The van der Waals surface area contributed by atoms with Gasteiger partial charge in [-0.25, -0.2) is 9.78 Å². The fraction of sp³-hybridized carbons (Fsp3) is 0.286. The first-order valence-electron chi connectivity index (χ1n) is 9.60. The van der Waals surface area contributed by atoms with E-state index in [-0.39, 0.29) is 18.4 Å². The molecule has 5 rings (SSSR count). The topological polar surface area (TPSA) is 84.1 Å². The van der Waals surface area contributed by atoms with Crippen molar-refractivity contribution in [2.24, 2.45) is 0 Å². The third-order valence-corrected chi connectivity index (χ3v) is 5.68. The lowest BCUT2D eigenvalue weighted by atomic mass is 10.0. The van der Waals surface area contributed by atoms with E-state index in [4.69, 9.17) is 16.0 Å². The Morgan fingerprint density at radius 2 is 2.14 bits per heavy atom. The summed E-state index contributed by atoms with van der Waals surface area (Å²) in [6.45, 7) is 1.13. The van der Waals surface area contributed by atoms with Gasteiger partial charge in [-0.15, -0.1) is 0 Å². The second-order valence-electron chi connectivity index (χ2n) is 7.36. The lowest BCUT2D eigenvalue weighted by Gasteiger charge is -2.33. The van der Waals surface area contributed by atoms with Crippen LogP contribution in [-0.4, -0.2) is 38.4 Å². The number of piperidine rings is 1. The Morgan fingerprint density at radius 1 is 1.28 bits per heavy atom. The molecule has 0 bridgehead atoms.